The minimum atomic E-state index is -0.992. The first-order chi connectivity index (χ1) is 9.40. The maximum atomic E-state index is 11.3. The fourth-order valence-electron chi connectivity index (χ4n) is 1.47. The smallest absolute Gasteiger partial charge is 0.289 e. The van der Waals surface area contributed by atoms with Gasteiger partial charge in [-0.1, -0.05) is 13.8 Å². The normalized spacial score (nSPS) is 12.2. The van der Waals surface area contributed by atoms with Gasteiger partial charge in [0.15, 0.2) is 0 Å². The summed E-state index contributed by atoms with van der Waals surface area (Å²) < 4.78 is 5.38. The van der Waals surface area contributed by atoms with E-state index < -0.39 is 17.8 Å². The van der Waals surface area contributed by atoms with Crippen LogP contribution in [0.3, 0.4) is 0 Å². The molecule has 20 heavy (non-hydrogen) atoms. The van der Waals surface area contributed by atoms with Gasteiger partial charge in [-0.15, -0.1) is 0 Å². The summed E-state index contributed by atoms with van der Waals surface area (Å²) in [5, 5.41) is 12.8. The van der Waals surface area contributed by atoms with E-state index in [1.165, 1.54) is 12.1 Å². The van der Waals surface area contributed by atoms with Gasteiger partial charge in [-0.3, -0.25) is 9.59 Å². The molecule has 0 unspecified atom stereocenters. The van der Waals surface area contributed by atoms with Crippen LogP contribution in [-0.4, -0.2) is 42.1 Å². The highest BCUT2D eigenvalue weighted by atomic mass is 16.5. The predicted molar refractivity (Wildman–Crippen MR) is 74.6 cm³/mol. The van der Waals surface area contributed by atoms with Crippen LogP contribution in [0.25, 0.3) is 0 Å². The van der Waals surface area contributed by atoms with E-state index in [1.54, 1.807) is 12.1 Å². The van der Waals surface area contributed by atoms with Crippen LogP contribution in [0, 0.1) is 0 Å². The van der Waals surface area contributed by atoms with Crippen molar-refractivity contribution in [1.29, 1.82) is 0 Å². The van der Waals surface area contributed by atoms with Gasteiger partial charge in [0.2, 0.25) is 5.78 Å². The molecule has 0 saturated heterocycles. The molecule has 1 aromatic carbocycles. The second kappa shape index (κ2) is 7.62. The molecule has 0 aliphatic heterocycles. The van der Waals surface area contributed by atoms with Crippen LogP contribution in [0.5, 0.6) is 5.75 Å². The molecular weight excluding hydrogens is 260 g/mol. The molecule has 110 valence electrons. The molecule has 1 rings (SSSR count). The Kier molecular flexibility index (Phi) is 6.14. The van der Waals surface area contributed by atoms with Crippen molar-refractivity contribution in [1.82, 2.24) is 5.32 Å². The lowest BCUT2D eigenvalue weighted by Gasteiger charge is -2.15. The Hall–Kier alpha value is -1.92. The Balaban J connectivity index is 2.46. The number of aliphatic hydroxyl groups excluding tert-OH is 1. The van der Waals surface area contributed by atoms with Crippen molar-refractivity contribution in [3.05, 3.63) is 29.8 Å². The van der Waals surface area contributed by atoms with E-state index in [2.05, 4.69) is 5.32 Å². The third-order valence-electron chi connectivity index (χ3n) is 2.54. The number of rotatable bonds is 8. The minimum absolute atomic E-state index is 0.142. The Bertz CT molecular complexity index is 457. The van der Waals surface area contributed by atoms with Crippen LogP contribution in [-0.2, 0) is 4.79 Å². The SMILES string of the molecule is CC(C)NC[C@H](O)COc1ccc(C(=O)C(N)=O)cc1. The monoisotopic (exact) mass is 280 g/mol. The van der Waals surface area contributed by atoms with Gasteiger partial charge in [-0.25, -0.2) is 0 Å². The van der Waals surface area contributed by atoms with Crippen molar-refractivity contribution in [3.63, 3.8) is 0 Å². The van der Waals surface area contributed by atoms with Crippen LogP contribution >= 0.6 is 0 Å². The Morgan fingerprint density at radius 1 is 1.30 bits per heavy atom. The molecule has 6 heteroatoms. The molecule has 0 spiro atoms. The van der Waals surface area contributed by atoms with Crippen LogP contribution < -0.4 is 15.8 Å². The molecule has 0 heterocycles. The van der Waals surface area contributed by atoms with Gasteiger partial charge in [0.25, 0.3) is 5.91 Å². The Morgan fingerprint density at radius 2 is 1.90 bits per heavy atom. The van der Waals surface area contributed by atoms with E-state index in [0.717, 1.165) is 0 Å². The quantitative estimate of drug-likeness (QED) is 0.463. The average molecular weight is 280 g/mol. The summed E-state index contributed by atoms with van der Waals surface area (Å²) in [6.07, 6.45) is -0.621. The van der Waals surface area contributed by atoms with E-state index in [-0.39, 0.29) is 12.2 Å². The van der Waals surface area contributed by atoms with Crippen LogP contribution in [0.1, 0.15) is 24.2 Å². The zero-order valence-electron chi connectivity index (χ0n) is 11.6. The highest BCUT2D eigenvalue weighted by Crippen LogP contribution is 2.12. The number of benzene rings is 1. The zero-order chi connectivity index (χ0) is 15.1. The van der Waals surface area contributed by atoms with Crippen molar-refractivity contribution >= 4 is 11.7 Å². The summed E-state index contributed by atoms with van der Waals surface area (Å²) in [6, 6.07) is 6.32. The van der Waals surface area contributed by atoms with Gasteiger partial charge < -0.3 is 20.9 Å². The standard InChI is InChI=1S/C14H20N2O4/c1-9(2)16-7-11(17)8-20-12-5-3-10(4-6-12)13(18)14(15)19/h3-6,9,11,16-17H,7-8H2,1-2H3,(H2,15,19)/t11-/m0/s1. The maximum Gasteiger partial charge on any atom is 0.289 e. The summed E-state index contributed by atoms with van der Waals surface area (Å²) >= 11 is 0. The van der Waals surface area contributed by atoms with E-state index in [9.17, 15) is 14.7 Å². The first-order valence-corrected chi connectivity index (χ1v) is 6.38. The topological polar surface area (TPSA) is 102 Å². The van der Waals surface area contributed by atoms with Gasteiger partial charge in [0.1, 0.15) is 18.5 Å². The molecule has 1 atom stereocenters. The summed E-state index contributed by atoms with van der Waals surface area (Å²) in [4.78, 5) is 22.0. The summed E-state index contributed by atoms with van der Waals surface area (Å²) in [5.74, 6) is -1.22. The Morgan fingerprint density at radius 3 is 2.40 bits per heavy atom. The number of primary amides is 1. The van der Waals surface area contributed by atoms with Crippen molar-refractivity contribution in [2.75, 3.05) is 13.2 Å². The number of nitrogens with two attached hydrogens (primary N) is 1. The van der Waals surface area contributed by atoms with E-state index in [0.29, 0.717) is 18.3 Å². The number of carbonyl (C=O) groups excluding carboxylic acids is 2. The van der Waals surface area contributed by atoms with Gasteiger partial charge >= 0.3 is 0 Å². The molecule has 0 aliphatic rings. The molecule has 0 radical (unpaired) electrons. The molecule has 0 bridgehead atoms. The van der Waals surface area contributed by atoms with Crippen LogP contribution in [0.4, 0.5) is 0 Å². The number of carbonyl (C=O) groups is 2. The average Bonchev–Trinajstić information content (AvgIpc) is 2.42. The fourth-order valence-corrected chi connectivity index (χ4v) is 1.47. The van der Waals surface area contributed by atoms with Gasteiger partial charge in [-0.05, 0) is 24.3 Å². The van der Waals surface area contributed by atoms with Gasteiger partial charge in [0.05, 0.1) is 0 Å². The van der Waals surface area contributed by atoms with Gasteiger partial charge in [-0.2, -0.15) is 0 Å². The largest absolute Gasteiger partial charge is 0.491 e. The molecule has 0 aliphatic carbocycles. The lowest BCUT2D eigenvalue weighted by molar-refractivity contribution is -0.114. The lowest BCUT2D eigenvalue weighted by Crippen LogP contribution is -2.35. The molecule has 1 amide bonds. The minimum Gasteiger partial charge on any atom is -0.491 e. The van der Waals surface area contributed by atoms with Crippen molar-refractivity contribution in [2.24, 2.45) is 5.73 Å². The first-order valence-electron chi connectivity index (χ1n) is 6.38. The number of Topliss-reactive ketones (excluding diaryl/α,β-unsaturated/α-hetero) is 1. The summed E-state index contributed by atoms with van der Waals surface area (Å²) in [5.41, 5.74) is 5.12. The number of amides is 1. The number of ether oxygens (including phenoxy) is 1. The van der Waals surface area contributed by atoms with Crippen LogP contribution in [0.2, 0.25) is 0 Å². The Labute approximate surface area is 117 Å². The number of aliphatic hydroxyl groups is 1. The van der Waals surface area contributed by atoms with E-state index >= 15 is 0 Å². The molecular formula is C14H20N2O4. The molecule has 0 aromatic heterocycles. The molecule has 1 aromatic rings. The predicted octanol–water partition coefficient (Wildman–Crippen LogP) is 0.0923. The zero-order valence-corrected chi connectivity index (χ0v) is 11.6. The molecule has 0 saturated carbocycles. The second-order valence-corrected chi connectivity index (χ2v) is 4.75. The van der Waals surface area contributed by atoms with E-state index in [4.69, 9.17) is 10.5 Å². The third kappa shape index (κ3) is 5.38. The molecule has 4 N–H and O–H groups in total. The lowest BCUT2D eigenvalue weighted by atomic mass is 10.1. The number of ketones is 1. The van der Waals surface area contributed by atoms with Gasteiger partial charge in [0, 0.05) is 18.2 Å². The van der Waals surface area contributed by atoms with E-state index in [1.807, 2.05) is 13.8 Å². The van der Waals surface area contributed by atoms with Crippen molar-refractivity contribution < 1.29 is 19.4 Å². The van der Waals surface area contributed by atoms with Crippen molar-refractivity contribution in [2.45, 2.75) is 26.0 Å². The number of nitrogens with one attached hydrogen (secondary N) is 1. The number of hydrogen-bond acceptors (Lipinski definition) is 5. The highest BCUT2D eigenvalue weighted by molar-refractivity contribution is 6.42. The maximum absolute atomic E-state index is 11.3. The molecule has 6 nitrogen and oxygen atoms in total. The summed E-state index contributed by atoms with van der Waals surface area (Å²) in [6.45, 7) is 4.56. The third-order valence-corrected chi connectivity index (χ3v) is 2.54. The first kappa shape index (κ1) is 16.1. The van der Waals surface area contributed by atoms with Crippen LogP contribution in [0.15, 0.2) is 24.3 Å². The summed E-state index contributed by atoms with van der Waals surface area (Å²) in [7, 11) is 0. The highest BCUT2D eigenvalue weighted by Gasteiger charge is 2.12. The second-order valence-electron chi connectivity index (χ2n) is 4.75. The molecule has 0 fully saturated rings. The number of hydrogen-bond donors (Lipinski definition) is 3. The van der Waals surface area contributed by atoms with Crippen molar-refractivity contribution in [3.8, 4) is 5.75 Å². The fraction of sp³-hybridized carbons (Fsp3) is 0.429.